The van der Waals surface area contributed by atoms with Gasteiger partial charge in [0.25, 0.3) is 0 Å². The molecule has 100 valence electrons. The van der Waals surface area contributed by atoms with E-state index in [9.17, 15) is 20.1 Å². The zero-order valence-corrected chi connectivity index (χ0v) is 9.70. The Morgan fingerprint density at radius 1 is 1.41 bits per heavy atom. The maximum atomic E-state index is 11.3. The Morgan fingerprint density at radius 3 is 2.76 bits per heavy atom. The van der Waals surface area contributed by atoms with Gasteiger partial charge in [0, 0.05) is 0 Å². The van der Waals surface area contributed by atoms with Crippen LogP contribution in [0.1, 0.15) is 19.8 Å². The zero-order chi connectivity index (χ0) is 12.8. The molecular weight excluding hydrogens is 230 g/mol. The van der Waals surface area contributed by atoms with E-state index in [-0.39, 0.29) is 13.2 Å². The number of amides is 1. The fourth-order valence-corrected chi connectivity index (χ4v) is 1.40. The van der Waals surface area contributed by atoms with Crippen LogP contribution in [-0.2, 0) is 9.47 Å². The van der Waals surface area contributed by atoms with Crippen LogP contribution in [0.3, 0.4) is 0 Å². The molecule has 7 nitrogen and oxygen atoms in total. The lowest BCUT2D eigenvalue weighted by atomic mass is 10.0. The molecule has 1 aliphatic heterocycles. The van der Waals surface area contributed by atoms with Crippen LogP contribution in [0, 0.1) is 0 Å². The minimum absolute atomic E-state index is 0.155. The number of ether oxygens (including phenoxy) is 2. The van der Waals surface area contributed by atoms with Gasteiger partial charge in [0.1, 0.15) is 18.3 Å². The van der Waals surface area contributed by atoms with Gasteiger partial charge in [-0.3, -0.25) is 5.32 Å². The number of rotatable bonds is 4. The van der Waals surface area contributed by atoms with Crippen molar-refractivity contribution in [2.75, 3.05) is 13.2 Å². The molecule has 0 radical (unpaired) electrons. The SMILES string of the molecule is CCCCOC(=O)N[C@H]1OC[C@@H](O)[C@@H](O)[C@H]1O. The van der Waals surface area contributed by atoms with Gasteiger partial charge in [-0.05, 0) is 6.42 Å². The summed E-state index contributed by atoms with van der Waals surface area (Å²) < 4.78 is 9.79. The molecule has 1 amide bonds. The Balaban J connectivity index is 2.33. The molecule has 0 bridgehead atoms. The van der Waals surface area contributed by atoms with Gasteiger partial charge in [-0.2, -0.15) is 0 Å². The average Bonchev–Trinajstić information content (AvgIpc) is 2.30. The summed E-state index contributed by atoms with van der Waals surface area (Å²) >= 11 is 0. The number of hydrogen-bond acceptors (Lipinski definition) is 6. The van der Waals surface area contributed by atoms with Gasteiger partial charge < -0.3 is 24.8 Å². The summed E-state index contributed by atoms with van der Waals surface area (Å²) in [5.74, 6) is 0. The van der Waals surface area contributed by atoms with E-state index in [2.05, 4.69) is 5.32 Å². The van der Waals surface area contributed by atoms with E-state index in [0.717, 1.165) is 12.8 Å². The topological polar surface area (TPSA) is 108 Å². The van der Waals surface area contributed by atoms with Crippen molar-refractivity contribution in [3.8, 4) is 0 Å². The highest BCUT2D eigenvalue weighted by Crippen LogP contribution is 2.13. The van der Waals surface area contributed by atoms with Gasteiger partial charge in [-0.25, -0.2) is 4.79 Å². The summed E-state index contributed by atoms with van der Waals surface area (Å²) in [5.41, 5.74) is 0. The van der Waals surface area contributed by atoms with Crippen molar-refractivity contribution >= 4 is 6.09 Å². The number of aliphatic hydroxyl groups is 3. The van der Waals surface area contributed by atoms with Gasteiger partial charge >= 0.3 is 6.09 Å². The average molecular weight is 249 g/mol. The van der Waals surface area contributed by atoms with Crippen molar-refractivity contribution in [1.29, 1.82) is 0 Å². The number of alkyl carbamates (subject to hydrolysis) is 1. The number of unbranched alkanes of at least 4 members (excludes halogenated alkanes) is 1. The molecule has 0 spiro atoms. The van der Waals surface area contributed by atoms with Crippen LogP contribution in [-0.4, -0.2) is 59.2 Å². The zero-order valence-electron chi connectivity index (χ0n) is 9.70. The first-order chi connectivity index (χ1) is 8.06. The monoisotopic (exact) mass is 249 g/mol. The lowest BCUT2D eigenvalue weighted by Crippen LogP contribution is -2.59. The van der Waals surface area contributed by atoms with E-state index in [1.54, 1.807) is 0 Å². The van der Waals surface area contributed by atoms with Crippen LogP contribution in [0.5, 0.6) is 0 Å². The van der Waals surface area contributed by atoms with Gasteiger partial charge in [0.15, 0.2) is 6.23 Å². The summed E-state index contributed by atoms with van der Waals surface area (Å²) in [6.45, 7) is 2.10. The van der Waals surface area contributed by atoms with Crippen LogP contribution in [0.4, 0.5) is 4.79 Å². The number of hydrogen-bond donors (Lipinski definition) is 4. The second-order valence-electron chi connectivity index (χ2n) is 3.94. The van der Waals surface area contributed by atoms with E-state index >= 15 is 0 Å². The minimum Gasteiger partial charge on any atom is -0.450 e. The number of carbonyl (C=O) groups excluding carboxylic acids is 1. The molecule has 0 aromatic heterocycles. The van der Waals surface area contributed by atoms with Crippen molar-refractivity contribution in [2.45, 2.75) is 44.3 Å². The predicted octanol–water partition coefficient (Wildman–Crippen LogP) is -1.05. The molecule has 0 aliphatic carbocycles. The molecule has 7 heteroatoms. The van der Waals surface area contributed by atoms with E-state index in [4.69, 9.17) is 9.47 Å². The van der Waals surface area contributed by atoms with E-state index in [1.165, 1.54) is 0 Å². The lowest BCUT2D eigenvalue weighted by molar-refractivity contribution is -0.192. The third-order valence-corrected chi connectivity index (χ3v) is 2.49. The Kier molecular flexibility index (Phi) is 5.63. The Hall–Kier alpha value is -0.890. The molecule has 1 fully saturated rings. The third kappa shape index (κ3) is 4.12. The highest BCUT2D eigenvalue weighted by atomic mass is 16.6. The van der Waals surface area contributed by atoms with Gasteiger partial charge in [0.2, 0.25) is 0 Å². The Morgan fingerprint density at radius 2 is 2.12 bits per heavy atom. The Labute approximate surface area is 99.3 Å². The number of nitrogens with one attached hydrogen (secondary N) is 1. The van der Waals surface area contributed by atoms with Crippen molar-refractivity contribution in [3.05, 3.63) is 0 Å². The van der Waals surface area contributed by atoms with Gasteiger partial charge in [0.05, 0.1) is 13.2 Å². The second kappa shape index (κ2) is 6.75. The first-order valence-corrected chi connectivity index (χ1v) is 5.65. The van der Waals surface area contributed by atoms with Crippen molar-refractivity contribution in [1.82, 2.24) is 5.32 Å². The fourth-order valence-electron chi connectivity index (χ4n) is 1.40. The van der Waals surface area contributed by atoms with Crippen LogP contribution in [0.2, 0.25) is 0 Å². The van der Waals surface area contributed by atoms with Crippen molar-refractivity contribution in [2.24, 2.45) is 0 Å². The molecule has 0 saturated carbocycles. The summed E-state index contributed by atoms with van der Waals surface area (Å²) in [6, 6.07) is 0. The number of aliphatic hydroxyl groups excluding tert-OH is 3. The third-order valence-electron chi connectivity index (χ3n) is 2.49. The maximum absolute atomic E-state index is 11.3. The van der Waals surface area contributed by atoms with Crippen molar-refractivity contribution in [3.63, 3.8) is 0 Å². The predicted molar refractivity (Wildman–Crippen MR) is 57.2 cm³/mol. The first-order valence-electron chi connectivity index (χ1n) is 5.65. The fraction of sp³-hybridized carbons (Fsp3) is 0.900. The summed E-state index contributed by atoms with van der Waals surface area (Å²) in [6.07, 6.45) is -4.00. The number of carbonyl (C=O) groups is 1. The molecule has 1 rings (SSSR count). The molecule has 17 heavy (non-hydrogen) atoms. The van der Waals surface area contributed by atoms with Gasteiger partial charge in [-0.15, -0.1) is 0 Å². The largest absolute Gasteiger partial charge is 0.450 e. The summed E-state index contributed by atoms with van der Waals surface area (Å²) in [4.78, 5) is 11.3. The normalized spacial score (nSPS) is 33.2. The quantitative estimate of drug-likeness (QED) is 0.474. The molecule has 1 heterocycles. The van der Waals surface area contributed by atoms with E-state index in [1.807, 2.05) is 6.92 Å². The van der Waals surface area contributed by atoms with Crippen molar-refractivity contribution < 1.29 is 29.6 Å². The standard InChI is InChI=1S/C10H19NO6/c1-2-3-4-16-10(15)11-9-8(14)7(13)6(12)5-17-9/h6-9,12-14H,2-5H2,1H3,(H,11,15)/t6-,7-,8-,9+/m1/s1. The Bertz CT molecular complexity index is 249. The van der Waals surface area contributed by atoms with E-state index in [0.29, 0.717) is 0 Å². The molecule has 1 aliphatic rings. The molecule has 4 N–H and O–H groups in total. The van der Waals surface area contributed by atoms with Crippen LogP contribution < -0.4 is 5.32 Å². The highest BCUT2D eigenvalue weighted by molar-refractivity contribution is 5.67. The molecule has 0 unspecified atom stereocenters. The molecular formula is C10H19NO6. The minimum atomic E-state index is -1.38. The first kappa shape index (κ1) is 14.2. The summed E-state index contributed by atoms with van der Waals surface area (Å²) in [7, 11) is 0. The summed E-state index contributed by atoms with van der Waals surface area (Å²) in [5, 5.41) is 30.4. The maximum Gasteiger partial charge on any atom is 0.409 e. The highest BCUT2D eigenvalue weighted by Gasteiger charge is 2.38. The second-order valence-corrected chi connectivity index (χ2v) is 3.94. The van der Waals surface area contributed by atoms with Crippen LogP contribution in [0.15, 0.2) is 0 Å². The van der Waals surface area contributed by atoms with E-state index < -0.39 is 30.6 Å². The lowest BCUT2D eigenvalue weighted by Gasteiger charge is -2.35. The molecule has 4 atom stereocenters. The molecule has 0 aromatic carbocycles. The smallest absolute Gasteiger partial charge is 0.409 e. The molecule has 1 saturated heterocycles. The van der Waals surface area contributed by atoms with Gasteiger partial charge in [-0.1, -0.05) is 13.3 Å². The van der Waals surface area contributed by atoms with Crippen LogP contribution >= 0.6 is 0 Å². The molecule has 0 aromatic rings. The van der Waals surface area contributed by atoms with Crippen LogP contribution in [0.25, 0.3) is 0 Å².